The van der Waals surface area contributed by atoms with Gasteiger partial charge in [-0.25, -0.2) is 0 Å². The second kappa shape index (κ2) is 8.68. The average molecular weight is 459 g/mol. The van der Waals surface area contributed by atoms with Gasteiger partial charge >= 0.3 is 5.97 Å². The van der Waals surface area contributed by atoms with Crippen molar-refractivity contribution in [1.29, 1.82) is 0 Å². The molecule has 1 aliphatic heterocycles. The van der Waals surface area contributed by atoms with Gasteiger partial charge in [0.25, 0.3) is 5.56 Å². The average Bonchev–Trinajstić information content (AvgIpc) is 3.34. The minimum Gasteiger partial charge on any atom is -0.433 e. The third-order valence-corrected chi connectivity index (χ3v) is 5.77. The number of hydrogen-bond acceptors (Lipinski definition) is 6. The molecule has 3 aromatic rings. The normalized spacial score (nSPS) is 19.2. The fourth-order valence-electron chi connectivity index (χ4n) is 3.69. The summed E-state index contributed by atoms with van der Waals surface area (Å²) in [6, 6.07) is 7.38. The van der Waals surface area contributed by atoms with Crippen LogP contribution in [0.1, 0.15) is 26.3 Å². The predicted octanol–water partition coefficient (Wildman–Crippen LogP) is 2.59. The van der Waals surface area contributed by atoms with Crippen molar-refractivity contribution in [3.8, 4) is 11.3 Å². The Morgan fingerprint density at radius 1 is 1.38 bits per heavy atom. The van der Waals surface area contributed by atoms with Crippen LogP contribution in [0.25, 0.3) is 22.2 Å². The van der Waals surface area contributed by atoms with Gasteiger partial charge in [-0.3, -0.25) is 14.4 Å². The number of carbonyl (C=O) groups is 2. The number of hydrogen-bond donors (Lipinski definition) is 3. The number of nitrogens with one attached hydrogen (secondary N) is 2. The first-order valence-electron chi connectivity index (χ1n) is 10.2. The molecule has 0 spiro atoms. The molecule has 0 radical (unpaired) electrons. The van der Waals surface area contributed by atoms with Crippen LogP contribution in [0.2, 0.25) is 5.02 Å². The molecule has 10 heteroatoms. The lowest BCUT2D eigenvalue weighted by atomic mass is 10.1. The highest BCUT2D eigenvalue weighted by Crippen LogP contribution is 2.28. The number of amides is 1. The highest BCUT2D eigenvalue weighted by Gasteiger charge is 2.37. The number of aromatic amines is 1. The van der Waals surface area contributed by atoms with Gasteiger partial charge in [0.2, 0.25) is 12.2 Å². The summed E-state index contributed by atoms with van der Waals surface area (Å²) in [5.74, 6) is -0.863. The summed E-state index contributed by atoms with van der Waals surface area (Å²) in [4.78, 5) is 40.6. The van der Waals surface area contributed by atoms with E-state index in [1.54, 1.807) is 44.3 Å². The molecular formula is C22H23ClN4O5. The largest absolute Gasteiger partial charge is 0.433 e. The Bertz CT molecular complexity index is 1250. The highest BCUT2D eigenvalue weighted by atomic mass is 35.5. The van der Waals surface area contributed by atoms with Crippen LogP contribution in [0.5, 0.6) is 0 Å². The van der Waals surface area contributed by atoms with E-state index in [0.717, 1.165) is 5.56 Å². The summed E-state index contributed by atoms with van der Waals surface area (Å²) >= 11 is 6.12. The van der Waals surface area contributed by atoms with Crippen LogP contribution in [0.4, 0.5) is 5.69 Å². The van der Waals surface area contributed by atoms with Gasteiger partial charge in [0.1, 0.15) is 17.6 Å². The number of rotatable bonds is 6. The van der Waals surface area contributed by atoms with Gasteiger partial charge in [-0.05, 0) is 43.7 Å². The fraction of sp³-hybridized carbons (Fsp3) is 0.318. The third-order valence-electron chi connectivity index (χ3n) is 5.44. The Morgan fingerprint density at radius 2 is 2.16 bits per heavy atom. The monoisotopic (exact) mass is 458 g/mol. The lowest BCUT2D eigenvalue weighted by Gasteiger charge is -2.21. The summed E-state index contributed by atoms with van der Waals surface area (Å²) in [6.45, 7) is 3.72. The van der Waals surface area contributed by atoms with Gasteiger partial charge in [-0.2, -0.15) is 0 Å². The number of nitrogens with zero attached hydrogens (tertiary/aromatic N) is 1. The van der Waals surface area contributed by atoms with Crippen molar-refractivity contribution >= 4 is 40.1 Å². The van der Waals surface area contributed by atoms with Gasteiger partial charge in [0.05, 0.1) is 17.1 Å². The van der Waals surface area contributed by atoms with E-state index in [9.17, 15) is 14.4 Å². The van der Waals surface area contributed by atoms with Gasteiger partial charge in [0.15, 0.2) is 0 Å². The lowest BCUT2D eigenvalue weighted by molar-refractivity contribution is -0.164. The Balaban J connectivity index is 1.59. The molecule has 1 amide bonds. The smallest absolute Gasteiger partial charge is 0.310 e. The molecule has 4 N–H and O–H groups in total. The van der Waals surface area contributed by atoms with Crippen LogP contribution in [0, 0.1) is 0 Å². The summed E-state index contributed by atoms with van der Waals surface area (Å²) in [7, 11) is 0. The third kappa shape index (κ3) is 4.09. The molecule has 0 aliphatic carbocycles. The van der Waals surface area contributed by atoms with E-state index < -0.39 is 30.3 Å². The molecule has 4 rings (SSSR count). The standard InChI is InChI=1S/C22H23ClN4O5/c1-3-31-22-17(10-18(28)32-22)26-20(29)11(2)27-7-6-13-9-16(25-19(13)21(27)30)12-4-5-15(24)14(23)8-12/h4-9,11,17,22,25H,3,10,24H2,1-2H3,(H,26,29)/t11?,17-,22?/m0/s1. The molecule has 32 heavy (non-hydrogen) atoms. The number of fused-ring (bicyclic) bond motifs is 1. The van der Waals surface area contributed by atoms with Crippen LogP contribution in [0.15, 0.2) is 41.3 Å². The number of carbonyl (C=O) groups excluding carboxylic acids is 2. The van der Waals surface area contributed by atoms with Crippen molar-refractivity contribution in [2.75, 3.05) is 12.3 Å². The minimum atomic E-state index is -0.833. The molecule has 1 aromatic carbocycles. The summed E-state index contributed by atoms with van der Waals surface area (Å²) in [6.07, 6.45) is 0.751. The SMILES string of the molecule is CCOC1OC(=O)C[C@@H]1NC(=O)C(C)n1ccc2cc(-c3ccc(N)c(Cl)c3)[nH]c2c1=O. The second-order valence-corrected chi connectivity index (χ2v) is 7.99. The van der Waals surface area contributed by atoms with Crippen molar-refractivity contribution in [3.05, 3.63) is 51.9 Å². The van der Waals surface area contributed by atoms with Crippen molar-refractivity contribution in [3.63, 3.8) is 0 Å². The topological polar surface area (TPSA) is 128 Å². The summed E-state index contributed by atoms with van der Waals surface area (Å²) in [5.41, 5.74) is 7.74. The van der Waals surface area contributed by atoms with E-state index in [4.69, 9.17) is 26.8 Å². The molecule has 2 unspecified atom stereocenters. The van der Waals surface area contributed by atoms with Crippen LogP contribution in [0.3, 0.4) is 0 Å². The van der Waals surface area contributed by atoms with Crippen LogP contribution in [-0.4, -0.2) is 40.4 Å². The number of ether oxygens (including phenoxy) is 2. The summed E-state index contributed by atoms with van der Waals surface area (Å²) < 4.78 is 11.8. The van der Waals surface area contributed by atoms with Crippen LogP contribution in [-0.2, 0) is 19.1 Å². The van der Waals surface area contributed by atoms with Crippen molar-refractivity contribution in [2.45, 2.75) is 38.6 Å². The molecule has 2 aromatic heterocycles. The van der Waals surface area contributed by atoms with Crippen molar-refractivity contribution < 1.29 is 19.1 Å². The zero-order valence-electron chi connectivity index (χ0n) is 17.6. The number of aromatic nitrogens is 2. The van der Waals surface area contributed by atoms with Crippen LogP contribution < -0.4 is 16.6 Å². The maximum Gasteiger partial charge on any atom is 0.310 e. The first-order chi connectivity index (χ1) is 15.3. The van der Waals surface area contributed by atoms with E-state index in [1.807, 2.05) is 6.07 Å². The number of H-pyrrole nitrogens is 1. The first kappa shape index (κ1) is 21.9. The Kier molecular flexibility index (Phi) is 5.94. The Labute approximate surface area is 188 Å². The molecule has 1 aliphatic rings. The van der Waals surface area contributed by atoms with Gasteiger partial charge in [-0.1, -0.05) is 17.7 Å². The zero-order valence-corrected chi connectivity index (χ0v) is 18.3. The van der Waals surface area contributed by atoms with E-state index in [0.29, 0.717) is 33.9 Å². The number of nitrogen functional groups attached to an aromatic ring is 1. The maximum atomic E-state index is 13.1. The molecule has 1 fully saturated rings. The van der Waals surface area contributed by atoms with E-state index in [1.165, 1.54) is 4.57 Å². The number of nitrogens with two attached hydrogens (primary N) is 1. The van der Waals surface area contributed by atoms with Gasteiger partial charge < -0.3 is 30.1 Å². The molecule has 0 bridgehead atoms. The number of benzene rings is 1. The van der Waals surface area contributed by atoms with E-state index in [-0.39, 0.29) is 12.0 Å². The predicted molar refractivity (Wildman–Crippen MR) is 120 cm³/mol. The molecule has 0 saturated carbocycles. The number of esters is 1. The fourth-order valence-corrected chi connectivity index (χ4v) is 3.87. The first-order valence-corrected chi connectivity index (χ1v) is 10.6. The van der Waals surface area contributed by atoms with Gasteiger partial charge in [-0.15, -0.1) is 0 Å². The number of halogens is 1. The minimum absolute atomic E-state index is 0.0151. The van der Waals surface area contributed by atoms with Crippen molar-refractivity contribution in [1.82, 2.24) is 14.9 Å². The maximum absolute atomic E-state index is 13.1. The highest BCUT2D eigenvalue weighted by molar-refractivity contribution is 6.33. The van der Waals surface area contributed by atoms with Crippen LogP contribution >= 0.6 is 11.6 Å². The summed E-state index contributed by atoms with van der Waals surface area (Å²) in [5, 5.41) is 3.88. The van der Waals surface area contributed by atoms with Crippen molar-refractivity contribution in [2.24, 2.45) is 0 Å². The molecule has 1 saturated heterocycles. The van der Waals surface area contributed by atoms with E-state index >= 15 is 0 Å². The molecule has 3 atom stereocenters. The quantitative estimate of drug-likeness (QED) is 0.384. The second-order valence-electron chi connectivity index (χ2n) is 7.59. The Morgan fingerprint density at radius 3 is 2.88 bits per heavy atom. The molecule has 168 valence electrons. The van der Waals surface area contributed by atoms with Gasteiger partial charge in [0, 0.05) is 23.9 Å². The number of pyridine rings is 1. The molecule has 3 heterocycles. The number of anilines is 1. The van der Waals surface area contributed by atoms with E-state index in [2.05, 4.69) is 10.3 Å². The molecule has 9 nitrogen and oxygen atoms in total. The zero-order chi connectivity index (χ0) is 23.0. The molecular weight excluding hydrogens is 436 g/mol. The Hall–Kier alpha value is -3.30. The lowest BCUT2D eigenvalue weighted by Crippen LogP contribution is -2.45. The number of cyclic esters (lactones) is 1.